The molecule has 0 bridgehead atoms. The summed E-state index contributed by atoms with van der Waals surface area (Å²) < 4.78 is 1.83. The lowest BCUT2D eigenvalue weighted by Crippen LogP contribution is -2.23. The van der Waals surface area contributed by atoms with Crippen LogP contribution < -0.4 is 10.6 Å². The average Bonchev–Trinajstić information content (AvgIpc) is 3.07. The fourth-order valence-electron chi connectivity index (χ4n) is 3.69. The van der Waals surface area contributed by atoms with Gasteiger partial charge in [0.15, 0.2) is 5.78 Å². The first kappa shape index (κ1) is 18.4. The number of aromatic hydroxyl groups is 1. The van der Waals surface area contributed by atoms with Gasteiger partial charge in [-0.25, -0.2) is 0 Å². The van der Waals surface area contributed by atoms with Crippen LogP contribution >= 0.6 is 0 Å². The van der Waals surface area contributed by atoms with Gasteiger partial charge in [0.1, 0.15) is 11.4 Å². The summed E-state index contributed by atoms with van der Waals surface area (Å²) in [7, 11) is 0. The molecule has 0 radical (unpaired) electrons. The standard InChI is InChI=1S/C20H22N4O4/c25-10-7-21-6-9-24-14-5-4-13(22-8-11-26)17-18(14)19(23-24)12-2-1-3-15(27)16(12)20(17)28/h1-5,21-22,25-27H,6-11H2. The molecule has 28 heavy (non-hydrogen) atoms. The van der Waals surface area contributed by atoms with E-state index < -0.39 is 0 Å². The second kappa shape index (κ2) is 7.59. The van der Waals surface area contributed by atoms with Gasteiger partial charge < -0.3 is 26.0 Å². The predicted molar refractivity (Wildman–Crippen MR) is 106 cm³/mol. The van der Waals surface area contributed by atoms with E-state index in [1.165, 1.54) is 6.07 Å². The van der Waals surface area contributed by atoms with Crippen LogP contribution in [0.25, 0.3) is 22.2 Å². The number of aromatic nitrogens is 2. The topological polar surface area (TPSA) is 120 Å². The smallest absolute Gasteiger partial charge is 0.200 e. The Morgan fingerprint density at radius 3 is 2.61 bits per heavy atom. The zero-order valence-corrected chi connectivity index (χ0v) is 15.3. The van der Waals surface area contributed by atoms with Gasteiger partial charge in [0.25, 0.3) is 0 Å². The number of benzene rings is 2. The number of nitrogens with zero attached hydrogens (tertiary/aromatic N) is 2. The van der Waals surface area contributed by atoms with Crippen LogP contribution in [0.5, 0.6) is 5.75 Å². The van der Waals surface area contributed by atoms with E-state index in [2.05, 4.69) is 10.6 Å². The van der Waals surface area contributed by atoms with Crippen LogP contribution in [0.4, 0.5) is 5.69 Å². The minimum Gasteiger partial charge on any atom is -0.507 e. The fraction of sp³-hybridized carbons (Fsp3) is 0.300. The summed E-state index contributed by atoms with van der Waals surface area (Å²) in [6.45, 7) is 2.02. The van der Waals surface area contributed by atoms with Crippen molar-refractivity contribution in [1.82, 2.24) is 15.1 Å². The number of ketones is 1. The highest BCUT2D eigenvalue weighted by atomic mass is 16.3. The first-order valence-corrected chi connectivity index (χ1v) is 9.24. The molecule has 5 N–H and O–H groups in total. The summed E-state index contributed by atoms with van der Waals surface area (Å²) in [4.78, 5) is 13.3. The molecule has 0 spiro atoms. The maximum Gasteiger partial charge on any atom is 0.200 e. The molecule has 0 saturated heterocycles. The lowest BCUT2D eigenvalue weighted by atomic mass is 9.86. The highest BCUT2D eigenvalue weighted by Gasteiger charge is 2.32. The summed E-state index contributed by atoms with van der Waals surface area (Å²) in [5.41, 5.74) is 3.42. The van der Waals surface area contributed by atoms with E-state index in [1.807, 2.05) is 10.7 Å². The second-order valence-electron chi connectivity index (χ2n) is 6.61. The van der Waals surface area contributed by atoms with E-state index in [9.17, 15) is 9.90 Å². The zero-order chi connectivity index (χ0) is 19.7. The minimum absolute atomic E-state index is 0.0594. The summed E-state index contributed by atoms with van der Waals surface area (Å²) in [6, 6.07) is 8.70. The molecule has 0 fully saturated rings. The first-order chi connectivity index (χ1) is 13.7. The van der Waals surface area contributed by atoms with Crippen molar-refractivity contribution in [2.24, 2.45) is 0 Å². The van der Waals surface area contributed by atoms with Gasteiger partial charge in [-0.05, 0) is 18.2 Å². The third-order valence-corrected chi connectivity index (χ3v) is 4.89. The van der Waals surface area contributed by atoms with Gasteiger partial charge in [-0.1, -0.05) is 12.1 Å². The molecule has 8 heteroatoms. The molecule has 1 aromatic heterocycles. The molecule has 0 saturated carbocycles. The third-order valence-electron chi connectivity index (χ3n) is 4.89. The van der Waals surface area contributed by atoms with Gasteiger partial charge in [-0.2, -0.15) is 5.10 Å². The lowest BCUT2D eigenvalue weighted by molar-refractivity contribution is 0.103. The molecule has 0 aliphatic heterocycles. The number of nitrogens with one attached hydrogen (secondary N) is 2. The van der Waals surface area contributed by atoms with Crippen molar-refractivity contribution in [2.45, 2.75) is 6.54 Å². The predicted octanol–water partition coefficient (Wildman–Crippen LogP) is 0.939. The van der Waals surface area contributed by atoms with Crippen LogP contribution in [-0.4, -0.2) is 63.7 Å². The van der Waals surface area contributed by atoms with Gasteiger partial charge >= 0.3 is 0 Å². The van der Waals surface area contributed by atoms with Crippen molar-refractivity contribution >= 4 is 22.4 Å². The number of rotatable bonds is 8. The molecule has 8 nitrogen and oxygen atoms in total. The molecule has 146 valence electrons. The normalized spacial score (nSPS) is 12.4. The molecular weight excluding hydrogens is 360 g/mol. The minimum atomic E-state index is -0.260. The zero-order valence-electron chi connectivity index (χ0n) is 15.3. The van der Waals surface area contributed by atoms with Crippen LogP contribution in [0.1, 0.15) is 15.9 Å². The SMILES string of the molecule is O=C1c2c(O)cccc2-c2nn(CCNCCO)c3ccc(NCCO)c1c23. The van der Waals surface area contributed by atoms with E-state index in [4.69, 9.17) is 15.3 Å². The number of hydrogen-bond donors (Lipinski definition) is 5. The average molecular weight is 382 g/mol. The Labute approximate surface area is 161 Å². The molecule has 0 unspecified atom stereocenters. The van der Waals surface area contributed by atoms with E-state index in [0.717, 1.165) is 10.9 Å². The van der Waals surface area contributed by atoms with Gasteiger partial charge in [0.2, 0.25) is 0 Å². The van der Waals surface area contributed by atoms with Crippen LogP contribution in [0.15, 0.2) is 30.3 Å². The Balaban J connectivity index is 1.89. The van der Waals surface area contributed by atoms with Gasteiger partial charge in [0.05, 0.1) is 36.4 Å². The number of phenols is 1. The van der Waals surface area contributed by atoms with Gasteiger partial charge in [-0.3, -0.25) is 9.48 Å². The molecule has 0 atom stereocenters. The van der Waals surface area contributed by atoms with Crippen LogP contribution in [0.2, 0.25) is 0 Å². The van der Waals surface area contributed by atoms with Crippen LogP contribution in [0, 0.1) is 0 Å². The quantitative estimate of drug-likeness (QED) is 0.288. The fourth-order valence-corrected chi connectivity index (χ4v) is 3.69. The first-order valence-electron chi connectivity index (χ1n) is 9.24. The highest BCUT2D eigenvalue weighted by molar-refractivity contribution is 6.28. The number of aliphatic hydroxyl groups excluding tert-OH is 2. The van der Waals surface area contributed by atoms with Crippen molar-refractivity contribution < 1.29 is 20.1 Å². The third kappa shape index (κ3) is 2.91. The van der Waals surface area contributed by atoms with E-state index in [0.29, 0.717) is 48.7 Å². The molecule has 2 aromatic carbocycles. The second-order valence-corrected chi connectivity index (χ2v) is 6.61. The Morgan fingerprint density at radius 2 is 1.82 bits per heavy atom. The molecular formula is C20H22N4O4. The number of aliphatic hydroxyl groups is 2. The van der Waals surface area contributed by atoms with Crippen molar-refractivity contribution in [1.29, 1.82) is 0 Å². The molecule has 0 amide bonds. The number of phenolic OH excluding ortho intramolecular Hbond substituents is 1. The van der Waals surface area contributed by atoms with E-state index >= 15 is 0 Å². The molecule has 1 aliphatic carbocycles. The lowest BCUT2D eigenvalue weighted by Gasteiger charge is -2.19. The van der Waals surface area contributed by atoms with Crippen molar-refractivity contribution in [3.8, 4) is 17.0 Å². The Hall–Kier alpha value is -2.94. The van der Waals surface area contributed by atoms with Crippen molar-refractivity contribution in [2.75, 3.05) is 38.2 Å². The Kier molecular flexibility index (Phi) is 4.99. The summed E-state index contributed by atoms with van der Waals surface area (Å²) in [6.07, 6.45) is 0. The van der Waals surface area contributed by atoms with E-state index in [-0.39, 0.29) is 30.3 Å². The maximum atomic E-state index is 13.3. The number of fused-ring (bicyclic) bond motifs is 2. The van der Waals surface area contributed by atoms with E-state index in [1.54, 1.807) is 18.2 Å². The Morgan fingerprint density at radius 1 is 1.00 bits per heavy atom. The monoisotopic (exact) mass is 382 g/mol. The number of carbonyl (C=O) groups excluding carboxylic acids is 1. The molecule has 4 rings (SSSR count). The summed E-state index contributed by atoms with van der Waals surface area (Å²) >= 11 is 0. The van der Waals surface area contributed by atoms with Crippen molar-refractivity contribution in [3.63, 3.8) is 0 Å². The molecule has 3 aromatic rings. The van der Waals surface area contributed by atoms with Gasteiger partial charge in [0, 0.05) is 36.3 Å². The largest absolute Gasteiger partial charge is 0.507 e. The summed E-state index contributed by atoms with van der Waals surface area (Å²) in [5, 5.41) is 40.1. The Bertz CT molecular complexity index is 1040. The van der Waals surface area contributed by atoms with Crippen LogP contribution in [-0.2, 0) is 6.54 Å². The number of carbonyl (C=O) groups is 1. The maximum absolute atomic E-state index is 13.3. The van der Waals surface area contributed by atoms with Gasteiger partial charge in [-0.15, -0.1) is 0 Å². The van der Waals surface area contributed by atoms with Crippen LogP contribution in [0.3, 0.4) is 0 Å². The molecule has 1 aliphatic rings. The number of hydrogen-bond acceptors (Lipinski definition) is 7. The summed E-state index contributed by atoms with van der Waals surface area (Å²) in [5.74, 6) is -0.331. The van der Waals surface area contributed by atoms with Crippen molar-refractivity contribution in [3.05, 3.63) is 41.5 Å². The highest BCUT2D eigenvalue weighted by Crippen LogP contribution is 2.44. The molecule has 1 heterocycles. The number of anilines is 1.